The molecule has 0 aromatic heterocycles. The van der Waals surface area contributed by atoms with Gasteiger partial charge in [-0.2, -0.15) is 0 Å². The Balaban J connectivity index is 2.22. The van der Waals surface area contributed by atoms with Gasteiger partial charge in [-0.25, -0.2) is 4.39 Å². The largest absolute Gasteiger partial charge is 0.496 e. The van der Waals surface area contributed by atoms with E-state index in [4.69, 9.17) is 20.6 Å². The molecule has 3 N–H and O–H groups in total. The van der Waals surface area contributed by atoms with E-state index in [0.29, 0.717) is 21.3 Å². The van der Waals surface area contributed by atoms with Crippen molar-refractivity contribution in [3.63, 3.8) is 0 Å². The van der Waals surface area contributed by atoms with Gasteiger partial charge < -0.3 is 15.2 Å². The van der Waals surface area contributed by atoms with Crippen molar-refractivity contribution in [2.24, 2.45) is 5.73 Å². The lowest BCUT2D eigenvalue weighted by Crippen LogP contribution is -2.12. The summed E-state index contributed by atoms with van der Waals surface area (Å²) >= 11 is 3.19. The number of hydrogen-bond donors (Lipinski definition) is 2. The van der Waals surface area contributed by atoms with E-state index in [-0.39, 0.29) is 18.2 Å². The minimum Gasteiger partial charge on any atom is -0.496 e. The van der Waals surface area contributed by atoms with Crippen LogP contribution in [0.3, 0.4) is 0 Å². The number of rotatable bonds is 5. The highest BCUT2D eigenvalue weighted by molar-refractivity contribution is 9.10. The van der Waals surface area contributed by atoms with Crippen molar-refractivity contribution in [2.75, 3.05) is 7.11 Å². The summed E-state index contributed by atoms with van der Waals surface area (Å²) in [6.45, 7) is 0.114. The van der Waals surface area contributed by atoms with Gasteiger partial charge in [0.25, 0.3) is 0 Å². The summed E-state index contributed by atoms with van der Waals surface area (Å²) in [6, 6.07) is 9.65. The smallest absolute Gasteiger partial charge is 0.166 e. The fourth-order valence-corrected chi connectivity index (χ4v) is 2.14. The van der Waals surface area contributed by atoms with Gasteiger partial charge in [0.05, 0.1) is 7.11 Å². The average molecular weight is 353 g/mol. The van der Waals surface area contributed by atoms with E-state index in [1.165, 1.54) is 13.2 Å². The van der Waals surface area contributed by atoms with Crippen molar-refractivity contribution in [3.8, 4) is 11.5 Å². The fourth-order valence-electron chi connectivity index (χ4n) is 1.81. The molecule has 0 aliphatic carbocycles. The highest BCUT2D eigenvalue weighted by Crippen LogP contribution is 2.25. The molecule has 0 atom stereocenters. The molecule has 21 heavy (non-hydrogen) atoms. The Morgan fingerprint density at radius 2 is 1.95 bits per heavy atom. The summed E-state index contributed by atoms with van der Waals surface area (Å²) in [4.78, 5) is 0. The third-order valence-corrected chi connectivity index (χ3v) is 3.36. The predicted molar refractivity (Wildman–Crippen MR) is 82.4 cm³/mol. The number of nitrogens with one attached hydrogen (secondary N) is 1. The first kappa shape index (κ1) is 15.3. The number of hydrogen-bond acceptors (Lipinski definition) is 3. The first-order chi connectivity index (χ1) is 10.0. The van der Waals surface area contributed by atoms with Crippen LogP contribution in [0.4, 0.5) is 4.39 Å². The molecule has 0 unspecified atom stereocenters. The number of nitrogens with two attached hydrogens (primary N) is 1. The van der Waals surface area contributed by atoms with Crippen LogP contribution in [-0.2, 0) is 6.61 Å². The van der Waals surface area contributed by atoms with Crippen molar-refractivity contribution < 1.29 is 13.9 Å². The number of halogens is 2. The van der Waals surface area contributed by atoms with Crippen LogP contribution in [0, 0.1) is 11.2 Å². The lowest BCUT2D eigenvalue weighted by Gasteiger charge is -2.12. The molecule has 2 aromatic rings. The van der Waals surface area contributed by atoms with E-state index in [2.05, 4.69) is 15.9 Å². The zero-order valence-electron chi connectivity index (χ0n) is 11.3. The molecule has 2 aromatic carbocycles. The molecule has 0 spiro atoms. The van der Waals surface area contributed by atoms with Crippen LogP contribution in [0.1, 0.15) is 11.1 Å². The maximum atomic E-state index is 13.7. The molecule has 0 saturated heterocycles. The van der Waals surface area contributed by atoms with Gasteiger partial charge in [0.15, 0.2) is 11.6 Å². The second-order valence-electron chi connectivity index (χ2n) is 4.30. The lowest BCUT2D eigenvalue weighted by atomic mass is 10.1. The molecule has 0 aliphatic rings. The zero-order chi connectivity index (χ0) is 15.4. The van der Waals surface area contributed by atoms with Crippen LogP contribution in [0.5, 0.6) is 11.5 Å². The predicted octanol–water partition coefficient (Wildman–Crippen LogP) is 3.46. The molecule has 0 heterocycles. The number of benzene rings is 2. The summed E-state index contributed by atoms with van der Waals surface area (Å²) in [6.07, 6.45) is 0. The normalized spacial score (nSPS) is 10.2. The molecule has 0 radical (unpaired) electrons. The van der Waals surface area contributed by atoms with Crippen LogP contribution in [0.2, 0.25) is 0 Å². The molecule has 0 fully saturated rings. The second-order valence-corrected chi connectivity index (χ2v) is 5.22. The van der Waals surface area contributed by atoms with Crippen molar-refractivity contribution in [1.29, 1.82) is 5.41 Å². The van der Waals surface area contributed by atoms with Gasteiger partial charge in [0.2, 0.25) is 0 Å². The van der Waals surface area contributed by atoms with Crippen LogP contribution in [0.15, 0.2) is 40.9 Å². The third kappa shape index (κ3) is 3.72. The molecule has 0 bridgehead atoms. The number of nitrogen functional groups attached to an aromatic ring is 1. The highest BCUT2D eigenvalue weighted by Gasteiger charge is 2.09. The van der Waals surface area contributed by atoms with Crippen LogP contribution >= 0.6 is 15.9 Å². The third-order valence-electron chi connectivity index (χ3n) is 2.87. The molecular weight excluding hydrogens is 339 g/mol. The van der Waals surface area contributed by atoms with E-state index in [1.807, 2.05) is 0 Å². The van der Waals surface area contributed by atoms with Gasteiger partial charge in [0, 0.05) is 15.6 Å². The van der Waals surface area contributed by atoms with Gasteiger partial charge >= 0.3 is 0 Å². The van der Waals surface area contributed by atoms with Gasteiger partial charge in [-0.05, 0) is 36.4 Å². The first-order valence-corrected chi connectivity index (χ1v) is 6.89. The maximum absolute atomic E-state index is 13.7. The minimum absolute atomic E-state index is 0.0475. The molecular formula is C15H14BrFN2O2. The van der Waals surface area contributed by atoms with E-state index < -0.39 is 5.82 Å². The Kier molecular flexibility index (Phi) is 4.80. The van der Waals surface area contributed by atoms with E-state index >= 15 is 0 Å². The summed E-state index contributed by atoms with van der Waals surface area (Å²) in [5.41, 5.74) is 6.71. The molecule has 4 nitrogen and oxygen atoms in total. The van der Waals surface area contributed by atoms with Gasteiger partial charge in [-0.15, -0.1) is 0 Å². The van der Waals surface area contributed by atoms with Crippen molar-refractivity contribution >= 4 is 21.8 Å². The van der Waals surface area contributed by atoms with Crippen LogP contribution < -0.4 is 15.2 Å². The molecule has 0 amide bonds. The van der Waals surface area contributed by atoms with Crippen molar-refractivity contribution in [1.82, 2.24) is 0 Å². The topological polar surface area (TPSA) is 68.3 Å². The second kappa shape index (κ2) is 6.58. The maximum Gasteiger partial charge on any atom is 0.166 e. The Morgan fingerprint density at radius 1 is 1.24 bits per heavy atom. The Hall–Kier alpha value is -2.08. The number of ether oxygens (including phenoxy) is 2. The standard InChI is InChI=1S/C15H14BrFN2O2/c1-20-13-4-2-9(15(18)19)6-10(13)8-21-14-5-3-11(16)7-12(14)17/h2-7H,8H2,1H3,(H3,18,19). The van der Waals surface area contributed by atoms with E-state index in [9.17, 15) is 4.39 Å². The first-order valence-electron chi connectivity index (χ1n) is 6.10. The van der Waals surface area contributed by atoms with Crippen LogP contribution in [-0.4, -0.2) is 12.9 Å². The Morgan fingerprint density at radius 3 is 2.57 bits per heavy atom. The Labute approximate surface area is 130 Å². The van der Waals surface area contributed by atoms with Crippen molar-refractivity contribution in [2.45, 2.75) is 6.61 Å². The Bertz CT molecular complexity index is 677. The minimum atomic E-state index is -0.453. The quantitative estimate of drug-likeness (QED) is 0.639. The molecule has 0 aliphatic heterocycles. The van der Waals surface area contributed by atoms with E-state index in [0.717, 1.165) is 0 Å². The average Bonchev–Trinajstić information content (AvgIpc) is 2.46. The fraction of sp³-hybridized carbons (Fsp3) is 0.133. The monoisotopic (exact) mass is 352 g/mol. The number of methoxy groups -OCH3 is 1. The summed E-state index contributed by atoms with van der Waals surface area (Å²) in [5.74, 6) is 0.241. The highest BCUT2D eigenvalue weighted by atomic mass is 79.9. The summed E-state index contributed by atoms with van der Waals surface area (Å²) < 4.78 is 25.0. The summed E-state index contributed by atoms with van der Waals surface area (Å²) in [7, 11) is 1.53. The van der Waals surface area contributed by atoms with E-state index in [1.54, 1.807) is 30.3 Å². The SMILES string of the molecule is COc1ccc(C(=N)N)cc1COc1ccc(Br)cc1F. The van der Waals surface area contributed by atoms with Gasteiger partial charge in [-0.3, -0.25) is 5.41 Å². The molecule has 2 rings (SSSR count). The summed E-state index contributed by atoms with van der Waals surface area (Å²) in [5, 5.41) is 7.44. The molecule has 110 valence electrons. The van der Waals surface area contributed by atoms with Gasteiger partial charge in [-0.1, -0.05) is 15.9 Å². The van der Waals surface area contributed by atoms with Crippen molar-refractivity contribution in [3.05, 3.63) is 57.8 Å². The molecule has 6 heteroatoms. The zero-order valence-corrected chi connectivity index (χ0v) is 12.9. The molecule has 0 saturated carbocycles. The van der Waals surface area contributed by atoms with Crippen LogP contribution in [0.25, 0.3) is 0 Å². The number of amidine groups is 1. The lowest BCUT2D eigenvalue weighted by molar-refractivity contribution is 0.282. The van der Waals surface area contributed by atoms with Gasteiger partial charge in [0.1, 0.15) is 18.2 Å².